The lowest BCUT2D eigenvalue weighted by atomic mass is 10.2. The van der Waals surface area contributed by atoms with Gasteiger partial charge in [-0.2, -0.15) is 13.2 Å². The highest BCUT2D eigenvalue weighted by Gasteiger charge is 2.28. The first-order valence-corrected chi connectivity index (χ1v) is 3.46. The van der Waals surface area contributed by atoms with Crippen molar-refractivity contribution in [2.24, 2.45) is 0 Å². The molecule has 0 spiro atoms. The number of hydrogen-bond donors (Lipinski definition) is 1. The predicted octanol–water partition coefficient (Wildman–Crippen LogP) is 1.35. The van der Waals surface area contributed by atoms with Crippen LogP contribution in [0.5, 0.6) is 0 Å². The quantitative estimate of drug-likeness (QED) is 0.735. The van der Waals surface area contributed by atoms with Gasteiger partial charge in [-0.3, -0.25) is 0 Å². The molecule has 0 aromatic rings. The summed E-state index contributed by atoms with van der Waals surface area (Å²) in [7, 11) is 0. The standard InChI is InChI=1S/C6H10F3NO.ClH/c7-6(8,9)4-10-5-1-2-11-3-5;/h5,10H,1-4H2;1H. The molecule has 74 valence electrons. The van der Waals surface area contributed by atoms with Crippen molar-refractivity contribution in [2.75, 3.05) is 19.8 Å². The van der Waals surface area contributed by atoms with Crippen LogP contribution in [-0.4, -0.2) is 32.0 Å². The summed E-state index contributed by atoms with van der Waals surface area (Å²) in [6, 6.07) is -0.114. The van der Waals surface area contributed by atoms with Crippen molar-refractivity contribution in [3.8, 4) is 0 Å². The average Bonchev–Trinajstić information content (AvgIpc) is 2.32. The van der Waals surface area contributed by atoms with Gasteiger partial charge in [-0.1, -0.05) is 0 Å². The molecule has 1 aliphatic rings. The molecule has 0 amide bonds. The fraction of sp³-hybridized carbons (Fsp3) is 1.00. The minimum Gasteiger partial charge on any atom is -0.380 e. The van der Waals surface area contributed by atoms with E-state index in [2.05, 4.69) is 5.32 Å². The molecule has 1 rings (SSSR count). The van der Waals surface area contributed by atoms with Crippen molar-refractivity contribution in [3.63, 3.8) is 0 Å². The van der Waals surface area contributed by atoms with Gasteiger partial charge in [0.05, 0.1) is 13.2 Å². The Hall–Kier alpha value is -0.0000000000000000416. The number of ether oxygens (including phenoxy) is 1. The highest BCUT2D eigenvalue weighted by atomic mass is 35.5. The maximum Gasteiger partial charge on any atom is 0.401 e. The Morgan fingerprint density at radius 2 is 2.08 bits per heavy atom. The van der Waals surface area contributed by atoms with Gasteiger partial charge in [0.15, 0.2) is 0 Å². The molecule has 1 aliphatic heterocycles. The molecule has 1 atom stereocenters. The Kier molecular flexibility index (Phi) is 4.89. The maximum atomic E-state index is 11.6. The summed E-state index contributed by atoms with van der Waals surface area (Å²) < 4.78 is 39.7. The molecule has 1 fully saturated rings. The molecule has 1 saturated heterocycles. The summed E-state index contributed by atoms with van der Waals surface area (Å²) in [4.78, 5) is 0. The molecule has 0 saturated carbocycles. The molecule has 6 heteroatoms. The fourth-order valence-corrected chi connectivity index (χ4v) is 0.956. The van der Waals surface area contributed by atoms with E-state index >= 15 is 0 Å². The Morgan fingerprint density at radius 1 is 1.42 bits per heavy atom. The van der Waals surface area contributed by atoms with Gasteiger partial charge in [0.1, 0.15) is 0 Å². The molecule has 1 unspecified atom stereocenters. The summed E-state index contributed by atoms with van der Waals surface area (Å²) in [6.45, 7) is 0.0482. The average molecular weight is 206 g/mol. The minimum absolute atomic E-state index is 0. The first kappa shape index (κ1) is 12.0. The van der Waals surface area contributed by atoms with Crippen molar-refractivity contribution >= 4 is 12.4 Å². The van der Waals surface area contributed by atoms with Crippen molar-refractivity contribution in [1.82, 2.24) is 5.32 Å². The SMILES string of the molecule is Cl.FC(F)(F)CNC1CCOC1. The Labute approximate surface area is 74.9 Å². The smallest absolute Gasteiger partial charge is 0.380 e. The van der Waals surface area contributed by atoms with Gasteiger partial charge >= 0.3 is 6.18 Å². The van der Waals surface area contributed by atoms with Crippen LogP contribution in [0.15, 0.2) is 0 Å². The molecule has 12 heavy (non-hydrogen) atoms. The lowest BCUT2D eigenvalue weighted by Crippen LogP contribution is -2.37. The van der Waals surface area contributed by atoms with Crippen LogP contribution in [0.1, 0.15) is 6.42 Å². The fourth-order valence-electron chi connectivity index (χ4n) is 0.956. The second-order valence-corrected chi connectivity index (χ2v) is 2.56. The second-order valence-electron chi connectivity index (χ2n) is 2.56. The molecule has 0 aromatic heterocycles. The van der Waals surface area contributed by atoms with E-state index in [1.54, 1.807) is 0 Å². The van der Waals surface area contributed by atoms with Gasteiger partial charge in [-0.15, -0.1) is 12.4 Å². The van der Waals surface area contributed by atoms with Gasteiger partial charge in [0.2, 0.25) is 0 Å². The van der Waals surface area contributed by atoms with Crippen LogP contribution in [0, 0.1) is 0 Å². The monoisotopic (exact) mass is 205 g/mol. The third kappa shape index (κ3) is 4.79. The molecule has 1 N–H and O–H groups in total. The van der Waals surface area contributed by atoms with E-state index in [0.29, 0.717) is 19.6 Å². The second kappa shape index (κ2) is 4.89. The van der Waals surface area contributed by atoms with E-state index in [4.69, 9.17) is 4.74 Å². The normalized spacial score (nSPS) is 23.8. The molecular formula is C6H11ClF3NO. The lowest BCUT2D eigenvalue weighted by Gasteiger charge is -2.11. The number of halogens is 4. The summed E-state index contributed by atoms with van der Waals surface area (Å²) in [5, 5.41) is 2.37. The maximum absolute atomic E-state index is 11.6. The van der Waals surface area contributed by atoms with Gasteiger partial charge in [0, 0.05) is 12.6 Å². The Morgan fingerprint density at radius 3 is 2.50 bits per heavy atom. The van der Waals surface area contributed by atoms with Gasteiger partial charge in [-0.05, 0) is 6.42 Å². The van der Waals surface area contributed by atoms with Gasteiger partial charge in [-0.25, -0.2) is 0 Å². The molecular weight excluding hydrogens is 195 g/mol. The summed E-state index contributed by atoms with van der Waals surface area (Å²) in [6.07, 6.45) is -3.43. The van der Waals surface area contributed by atoms with Crippen LogP contribution in [0.3, 0.4) is 0 Å². The molecule has 1 heterocycles. The van der Waals surface area contributed by atoms with Crippen LogP contribution in [0.4, 0.5) is 13.2 Å². The van der Waals surface area contributed by atoms with E-state index in [1.165, 1.54) is 0 Å². The zero-order chi connectivity index (χ0) is 8.32. The van der Waals surface area contributed by atoms with Gasteiger partial charge in [0.25, 0.3) is 0 Å². The summed E-state index contributed by atoms with van der Waals surface area (Å²) >= 11 is 0. The van der Waals surface area contributed by atoms with Gasteiger partial charge < -0.3 is 10.1 Å². The van der Waals surface area contributed by atoms with E-state index < -0.39 is 12.7 Å². The number of nitrogens with one attached hydrogen (secondary N) is 1. The molecule has 0 radical (unpaired) electrons. The molecule has 0 aromatic carbocycles. The molecule has 0 aliphatic carbocycles. The van der Waals surface area contributed by atoms with E-state index in [1.807, 2.05) is 0 Å². The van der Waals surface area contributed by atoms with Crippen LogP contribution >= 0.6 is 12.4 Å². The van der Waals surface area contributed by atoms with E-state index in [9.17, 15) is 13.2 Å². The summed E-state index contributed by atoms with van der Waals surface area (Å²) in [5.74, 6) is 0. The molecule has 2 nitrogen and oxygen atoms in total. The van der Waals surface area contributed by atoms with Crippen molar-refractivity contribution in [2.45, 2.75) is 18.6 Å². The van der Waals surface area contributed by atoms with Crippen LogP contribution < -0.4 is 5.32 Å². The first-order valence-electron chi connectivity index (χ1n) is 3.46. The summed E-state index contributed by atoms with van der Waals surface area (Å²) in [5.41, 5.74) is 0. The van der Waals surface area contributed by atoms with Crippen LogP contribution in [0.25, 0.3) is 0 Å². The zero-order valence-corrected chi connectivity index (χ0v) is 7.17. The lowest BCUT2D eigenvalue weighted by molar-refractivity contribution is -0.126. The third-order valence-corrected chi connectivity index (χ3v) is 1.52. The van der Waals surface area contributed by atoms with E-state index in [0.717, 1.165) is 0 Å². The predicted molar refractivity (Wildman–Crippen MR) is 40.5 cm³/mol. The minimum atomic E-state index is -4.11. The first-order chi connectivity index (χ1) is 5.08. The van der Waals surface area contributed by atoms with Crippen molar-refractivity contribution in [1.29, 1.82) is 0 Å². The highest BCUT2D eigenvalue weighted by molar-refractivity contribution is 5.85. The highest BCUT2D eigenvalue weighted by Crippen LogP contribution is 2.13. The zero-order valence-electron chi connectivity index (χ0n) is 6.36. The number of alkyl halides is 3. The Bertz CT molecular complexity index is 124. The number of hydrogen-bond acceptors (Lipinski definition) is 2. The largest absolute Gasteiger partial charge is 0.401 e. The van der Waals surface area contributed by atoms with Crippen molar-refractivity contribution < 1.29 is 17.9 Å². The molecule has 0 bridgehead atoms. The van der Waals surface area contributed by atoms with Crippen LogP contribution in [-0.2, 0) is 4.74 Å². The van der Waals surface area contributed by atoms with Crippen LogP contribution in [0.2, 0.25) is 0 Å². The van der Waals surface area contributed by atoms with E-state index in [-0.39, 0.29) is 18.4 Å². The Balaban J connectivity index is 0.00000121. The topological polar surface area (TPSA) is 21.3 Å². The third-order valence-electron chi connectivity index (χ3n) is 1.52. The number of rotatable bonds is 2. The van der Waals surface area contributed by atoms with Crippen molar-refractivity contribution in [3.05, 3.63) is 0 Å².